The quantitative estimate of drug-likeness (QED) is 0.902. The lowest BCUT2D eigenvalue weighted by atomic mass is 10.2. The molecule has 0 aliphatic rings. The lowest BCUT2D eigenvalue weighted by Crippen LogP contribution is -2.26. The topological polar surface area (TPSA) is 64.4 Å². The van der Waals surface area contributed by atoms with Gasteiger partial charge in [0.25, 0.3) is 5.91 Å². The molecule has 2 aromatic rings. The van der Waals surface area contributed by atoms with Crippen molar-refractivity contribution in [3.8, 4) is 0 Å². The second-order valence-corrected chi connectivity index (χ2v) is 4.01. The molecule has 0 saturated carbocycles. The molecule has 1 unspecified atom stereocenters. The highest BCUT2D eigenvalue weighted by Crippen LogP contribution is 2.20. The Morgan fingerprint density at radius 1 is 1.56 bits per heavy atom. The Hall–Kier alpha value is -1.88. The molecule has 0 fully saturated rings. The van der Waals surface area contributed by atoms with E-state index < -0.39 is 6.10 Å². The van der Waals surface area contributed by atoms with Crippen LogP contribution in [0.1, 0.15) is 19.7 Å². The van der Waals surface area contributed by atoms with Gasteiger partial charge in [0.05, 0.1) is 0 Å². The van der Waals surface area contributed by atoms with E-state index >= 15 is 0 Å². The molecule has 1 amide bonds. The number of oxazole rings is 1. The van der Waals surface area contributed by atoms with Gasteiger partial charge in [0.1, 0.15) is 11.6 Å². The van der Waals surface area contributed by atoms with Crippen molar-refractivity contribution in [2.75, 3.05) is 12.4 Å². The number of fused-ring (bicyclic) bond motifs is 1. The first-order valence-corrected chi connectivity index (χ1v) is 5.87. The highest BCUT2D eigenvalue weighted by atomic mass is 16.5. The van der Waals surface area contributed by atoms with Crippen molar-refractivity contribution in [1.29, 1.82) is 0 Å². The monoisotopic (exact) mass is 248 g/mol. The first-order chi connectivity index (χ1) is 8.63. The fourth-order valence-corrected chi connectivity index (χ4v) is 1.56. The standard InChI is InChI=1S/C13H16N2O3/c1-4-12-15-10-7-9(5-6-11(10)18-12)14-13(16)8(2)17-3/h5-8H,4H2,1-3H3,(H,14,16). The molecular weight excluding hydrogens is 232 g/mol. The van der Waals surface area contributed by atoms with E-state index in [4.69, 9.17) is 9.15 Å². The molecule has 1 heterocycles. The minimum Gasteiger partial charge on any atom is -0.441 e. The van der Waals surface area contributed by atoms with E-state index in [0.29, 0.717) is 11.6 Å². The van der Waals surface area contributed by atoms with E-state index in [-0.39, 0.29) is 5.91 Å². The predicted molar refractivity (Wildman–Crippen MR) is 68.5 cm³/mol. The van der Waals surface area contributed by atoms with E-state index in [0.717, 1.165) is 17.5 Å². The fourth-order valence-electron chi connectivity index (χ4n) is 1.56. The van der Waals surface area contributed by atoms with Crippen LogP contribution < -0.4 is 5.32 Å². The van der Waals surface area contributed by atoms with Crippen LogP contribution in [-0.2, 0) is 16.0 Å². The van der Waals surface area contributed by atoms with Crippen LogP contribution in [-0.4, -0.2) is 24.1 Å². The number of rotatable bonds is 4. The average molecular weight is 248 g/mol. The fraction of sp³-hybridized carbons (Fsp3) is 0.385. The third-order valence-corrected chi connectivity index (χ3v) is 2.72. The van der Waals surface area contributed by atoms with Gasteiger partial charge in [-0.1, -0.05) is 6.92 Å². The van der Waals surface area contributed by atoms with Gasteiger partial charge in [-0.15, -0.1) is 0 Å². The number of hydrogen-bond acceptors (Lipinski definition) is 4. The van der Waals surface area contributed by atoms with Crippen molar-refractivity contribution in [3.63, 3.8) is 0 Å². The molecule has 0 spiro atoms. The summed E-state index contributed by atoms with van der Waals surface area (Å²) < 4.78 is 10.4. The van der Waals surface area contributed by atoms with Crippen molar-refractivity contribution in [3.05, 3.63) is 24.1 Å². The Balaban J connectivity index is 2.21. The summed E-state index contributed by atoms with van der Waals surface area (Å²) in [5, 5.41) is 2.77. The maximum atomic E-state index is 11.7. The summed E-state index contributed by atoms with van der Waals surface area (Å²) in [6.07, 6.45) is 0.265. The zero-order valence-electron chi connectivity index (χ0n) is 10.7. The van der Waals surface area contributed by atoms with E-state index in [1.165, 1.54) is 7.11 Å². The maximum Gasteiger partial charge on any atom is 0.253 e. The second kappa shape index (κ2) is 5.18. The smallest absolute Gasteiger partial charge is 0.253 e. The highest BCUT2D eigenvalue weighted by molar-refractivity contribution is 5.95. The summed E-state index contributed by atoms with van der Waals surface area (Å²) in [7, 11) is 1.50. The Kier molecular flexibility index (Phi) is 3.62. The molecule has 1 aromatic carbocycles. The summed E-state index contributed by atoms with van der Waals surface area (Å²) in [4.78, 5) is 16.0. The summed E-state index contributed by atoms with van der Waals surface area (Å²) in [5.41, 5.74) is 2.16. The molecule has 0 radical (unpaired) electrons. The van der Waals surface area contributed by atoms with Gasteiger partial charge in [-0.2, -0.15) is 0 Å². The van der Waals surface area contributed by atoms with Gasteiger partial charge in [-0.25, -0.2) is 4.98 Å². The zero-order chi connectivity index (χ0) is 13.1. The third-order valence-electron chi connectivity index (χ3n) is 2.72. The zero-order valence-corrected chi connectivity index (χ0v) is 10.7. The normalized spacial score (nSPS) is 12.6. The summed E-state index contributed by atoms with van der Waals surface area (Å²) in [5.74, 6) is 0.509. The Bertz CT molecular complexity index is 562. The Morgan fingerprint density at radius 3 is 3.00 bits per heavy atom. The number of nitrogens with zero attached hydrogens (tertiary/aromatic N) is 1. The van der Waals surface area contributed by atoms with Crippen molar-refractivity contribution in [1.82, 2.24) is 4.98 Å². The van der Waals surface area contributed by atoms with Crippen molar-refractivity contribution in [2.45, 2.75) is 26.4 Å². The Labute approximate surface area is 105 Å². The molecule has 0 aliphatic carbocycles. The Morgan fingerprint density at radius 2 is 2.33 bits per heavy atom. The third kappa shape index (κ3) is 2.51. The minimum atomic E-state index is -0.482. The van der Waals surface area contributed by atoms with Crippen LogP contribution in [0.3, 0.4) is 0 Å². The first-order valence-electron chi connectivity index (χ1n) is 5.87. The molecule has 0 saturated heterocycles. The number of benzene rings is 1. The number of aromatic nitrogens is 1. The molecule has 0 bridgehead atoms. The van der Waals surface area contributed by atoms with Gasteiger partial charge in [0.2, 0.25) is 0 Å². The highest BCUT2D eigenvalue weighted by Gasteiger charge is 2.12. The van der Waals surface area contributed by atoms with E-state index in [1.54, 1.807) is 25.1 Å². The van der Waals surface area contributed by atoms with Gasteiger partial charge in [-0.05, 0) is 25.1 Å². The number of anilines is 1. The molecule has 1 aromatic heterocycles. The number of carbonyl (C=O) groups excluding carboxylic acids is 1. The first kappa shape index (κ1) is 12.6. The van der Waals surface area contributed by atoms with Gasteiger partial charge in [0, 0.05) is 19.2 Å². The lowest BCUT2D eigenvalue weighted by Gasteiger charge is -2.09. The van der Waals surface area contributed by atoms with E-state index in [2.05, 4.69) is 10.3 Å². The van der Waals surface area contributed by atoms with E-state index in [1.807, 2.05) is 6.92 Å². The molecule has 2 rings (SSSR count). The van der Waals surface area contributed by atoms with E-state index in [9.17, 15) is 4.79 Å². The molecule has 0 aliphatic heterocycles. The molecule has 5 heteroatoms. The van der Waals surface area contributed by atoms with Crippen LogP contribution >= 0.6 is 0 Å². The van der Waals surface area contributed by atoms with Crippen molar-refractivity contribution in [2.24, 2.45) is 0 Å². The van der Waals surface area contributed by atoms with Gasteiger partial charge in [-0.3, -0.25) is 4.79 Å². The number of amides is 1. The SMILES string of the molecule is CCc1nc2cc(NC(=O)C(C)OC)ccc2o1. The van der Waals surface area contributed by atoms with Crippen LogP contribution in [0.2, 0.25) is 0 Å². The summed E-state index contributed by atoms with van der Waals surface area (Å²) in [6.45, 7) is 3.67. The molecule has 96 valence electrons. The summed E-state index contributed by atoms with van der Waals surface area (Å²) >= 11 is 0. The predicted octanol–water partition coefficient (Wildman–Crippen LogP) is 2.36. The molecular formula is C13H16N2O3. The minimum absolute atomic E-state index is 0.184. The van der Waals surface area contributed by atoms with Crippen molar-refractivity contribution < 1.29 is 13.9 Å². The number of aryl methyl sites for hydroxylation is 1. The van der Waals surface area contributed by atoms with Crippen LogP contribution in [0.15, 0.2) is 22.6 Å². The van der Waals surface area contributed by atoms with Gasteiger partial charge >= 0.3 is 0 Å². The second-order valence-electron chi connectivity index (χ2n) is 4.01. The number of nitrogens with one attached hydrogen (secondary N) is 1. The molecule has 18 heavy (non-hydrogen) atoms. The van der Waals surface area contributed by atoms with Crippen LogP contribution in [0.5, 0.6) is 0 Å². The van der Waals surface area contributed by atoms with Crippen LogP contribution in [0.4, 0.5) is 5.69 Å². The average Bonchev–Trinajstić information content (AvgIpc) is 2.79. The van der Waals surface area contributed by atoms with Gasteiger partial charge in [0.15, 0.2) is 11.5 Å². The number of carbonyl (C=O) groups is 1. The number of ether oxygens (including phenoxy) is 1. The molecule has 1 N–H and O–H groups in total. The van der Waals surface area contributed by atoms with Crippen LogP contribution in [0.25, 0.3) is 11.1 Å². The number of methoxy groups -OCH3 is 1. The molecule has 1 atom stereocenters. The van der Waals surface area contributed by atoms with Crippen molar-refractivity contribution >= 4 is 22.7 Å². The largest absolute Gasteiger partial charge is 0.441 e. The maximum absolute atomic E-state index is 11.7. The summed E-state index contributed by atoms with van der Waals surface area (Å²) in [6, 6.07) is 5.38. The number of hydrogen-bond donors (Lipinski definition) is 1. The lowest BCUT2D eigenvalue weighted by molar-refractivity contribution is -0.124. The molecule has 5 nitrogen and oxygen atoms in total. The van der Waals surface area contributed by atoms with Crippen LogP contribution in [0, 0.1) is 0 Å². The van der Waals surface area contributed by atoms with Gasteiger partial charge < -0.3 is 14.5 Å².